The minimum absolute atomic E-state index is 0.273. The summed E-state index contributed by atoms with van der Waals surface area (Å²) in [6.45, 7) is 4.07. The van der Waals surface area contributed by atoms with Gasteiger partial charge in [0.1, 0.15) is 0 Å². The van der Waals surface area contributed by atoms with E-state index < -0.39 is 0 Å². The smallest absolute Gasteiger partial charge is 0.222 e. The number of halogens is 1. The molecule has 0 fully saturated rings. The number of hydrogen-bond acceptors (Lipinski definition) is 2. The first-order valence-electron chi connectivity index (χ1n) is 4.31. The maximum atomic E-state index is 5.61. The molecule has 2 heterocycles. The predicted octanol–water partition coefficient (Wildman–Crippen LogP) is 2.74. The fourth-order valence-corrected chi connectivity index (χ4v) is 1.57. The fraction of sp³-hybridized carbons (Fsp3) is 0.200. The summed E-state index contributed by atoms with van der Waals surface area (Å²) in [4.78, 5) is 11.1. The minimum atomic E-state index is 0.273. The van der Waals surface area contributed by atoms with Crippen molar-refractivity contribution < 1.29 is 0 Å². The lowest BCUT2D eigenvalue weighted by molar-refractivity contribution is 1.16. The molecule has 0 spiro atoms. The van der Waals surface area contributed by atoms with Gasteiger partial charge in [0.2, 0.25) is 5.28 Å². The molecule has 0 aliphatic carbocycles. The maximum Gasteiger partial charge on any atom is 0.222 e. The van der Waals surface area contributed by atoms with Crippen molar-refractivity contribution in [1.82, 2.24) is 15.0 Å². The Hall–Kier alpha value is -1.35. The van der Waals surface area contributed by atoms with Crippen molar-refractivity contribution in [3.63, 3.8) is 0 Å². The lowest BCUT2D eigenvalue weighted by Crippen LogP contribution is -1.86. The van der Waals surface area contributed by atoms with Gasteiger partial charge in [-0.3, -0.25) is 0 Å². The highest BCUT2D eigenvalue weighted by Gasteiger charge is 2.05. The Morgan fingerprint density at radius 1 is 1.21 bits per heavy atom. The molecule has 0 atom stereocenters. The van der Waals surface area contributed by atoms with Crippen LogP contribution in [0.15, 0.2) is 18.5 Å². The van der Waals surface area contributed by atoms with Crippen molar-refractivity contribution in [3.8, 4) is 11.3 Å². The summed E-state index contributed by atoms with van der Waals surface area (Å²) in [5, 5.41) is 0.273. The van der Waals surface area contributed by atoms with Gasteiger partial charge in [-0.15, -0.1) is 0 Å². The Kier molecular flexibility index (Phi) is 2.25. The van der Waals surface area contributed by atoms with E-state index in [1.807, 2.05) is 13.8 Å². The molecule has 14 heavy (non-hydrogen) atoms. The van der Waals surface area contributed by atoms with E-state index in [9.17, 15) is 0 Å². The van der Waals surface area contributed by atoms with E-state index in [0.29, 0.717) is 0 Å². The van der Waals surface area contributed by atoms with Crippen LogP contribution >= 0.6 is 11.6 Å². The minimum Gasteiger partial charge on any atom is -0.358 e. The molecule has 2 aromatic rings. The summed E-state index contributed by atoms with van der Waals surface area (Å²) in [5.41, 5.74) is 4.33. The molecule has 0 amide bonds. The number of nitrogens with one attached hydrogen (secondary N) is 1. The van der Waals surface area contributed by atoms with Crippen LogP contribution in [0.5, 0.6) is 0 Å². The number of aryl methyl sites for hydroxylation is 2. The standard InChI is InChI=1S/C10H10ClN3/c1-6-3-7(2)14-9(6)8-4-12-10(11)13-5-8/h3-5,14H,1-2H3. The second-order valence-corrected chi connectivity index (χ2v) is 3.59. The van der Waals surface area contributed by atoms with Crippen LogP contribution in [-0.4, -0.2) is 15.0 Å². The molecular weight excluding hydrogens is 198 g/mol. The Morgan fingerprint density at radius 3 is 2.36 bits per heavy atom. The average Bonchev–Trinajstić information content (AvgIpc) is 2.47. The lowest BCUT2D eigenvalue weighted by Gasteiger charge is -1.98. The van der Waals surface area contributed by atoms with Crippen LogP contribution in [0.1, 0.15) is 11.3 Å². The fourth-order valence-electron chi connectivity index (χ4n) is 1.47. The molecule has 0 aliphatic rings. The van der Waals surface area contributed by atoms with Crippen molar-refractivity contribution in [3.05, 3.63) is 35.0 Å². The van der Waals surface area contributed by atoms with Gasteiger partial charge < -0.3 is 4.98 Å². The van der Waals surface area contributed by atoms with Crippen LogP contribution in [0.2, 0.25) is 5.28 Å². The number of hydrogen-bond donors (Lipinski definition) is 1. The Morgan fingerprint density at radius 2 is 1.86 bits per heavy atom. The van der Waals surface area contributed by atoms with Gasteiger partial charge >= 0.3 is 0 Å². The first kappa shape index (κ1) is 9.21. The zero-order valence-electron chi connectivity index (χ0n) is 8.00. The molecule has 0 aromatic carbocycles. The molecule has 3 nitrogen and oxygen atoms in total. The van der Waals surface area contributed by atoms with E-state index in [-0.39, 0.29) is 5.28 Å². The van der Waals surface area contributed by atoms with Crippen LogP contribution in [0.4, 0.5) is 0 Å². The van der Waals surface area contributed by atoms with Crippen molar-refractivity contribution in [2.45, 2.75) is 13.8 Å². The summed E-state index contributed by atoms with van der Waals surface area (Å²) >= 11 is 5.61. The molecule has 0 unspecified atom stereocenters. The van der Waals surface area contributed by atoms with Crippen LogP contribution in [0, 0.1) is 13.8 Å². The van der Waals surface area contributed by atoms with Crippen molar-refractivity contribution >= 4 is 11.6 Å². The van der Waals surface area contributed by atoms with Gasteiger partial charge in [-0.2, -0.15) is 0 Å². The van der Waals surface area contributed by atoms with Gasteiger partial charge in [0.15, 0.2) is 0 Å². The van der Waals surface area contributed by atoms with E-state index in [0.717, 1.165) is 17.0 Å². The number of aromatic nitrogens is 3. The Labute approximate surface area is 87.2 Å². The quantitative estimate of drug-likeness (QED) is 0.731. The SMILES string of the molecule is Cc1cc(C)c(-c2cnc(Cl)nc2)[nH]1. The van der Waals surface area contributed by atoms with Crippen LogP contribution in [0.25, 0.3) is 11.3 Å². The van der Waals surface area contributed by atoms with Gasteiger partial charge in [0, 0.05) is 23.7 Å². The molecular formula is C10H10ClN3. The van der Waals surface area contributed by atoms with E-state index >= 15 is 0 Å². The van der Waals surface area contributed by atoms with Gasteiger partial charge in [-0.05, 0) is 37.1 Å². The molecule has 2 aromatic heterocycles. The normalized spacial score (nSPS) is 10.5. The van der Waals surface area contributed by atoms with Crippen LogP contribution in [0.3, 0.4) is 0 Å². The molecule has 0 saturated carbocycles. The van der Waals surface area contributed by atoms with Crippen LogP contribution in [-0.2, 0) is 0 Å². The molecule has 72 valence electrons. The molecule has 2 rings (SSSR count). The molecule has 0 aliphatic heterocycles. The number of rotatable bonds is 1. The highest BCUT2D eigenvalue weighted by atomic mass is 35.5. The van der Waals surface area contributed by atoms with E-state index in [1.54, 1.807) is 12.4 Å². The highest BCUT2D eigenvalue weighted by Crippen LogP contribution is 2.21. The average molecular weight is 208 g/mol. The van der Waals surface area contributed by atoms with Crippen LogP contribution < -0.4 is 0 Å². The number of H-pyrrole nitrogens is 1. The summed E-state index contributed by atoms with van der Waals surface area (Å²) in [5.74, 6) is 0. The highest BCUT2D eigenvalue weighted by molar-refractivity contribution is 6.28. The number of nitrogens with zero attached hydrogens (tertiary/aromatic N) is 2. The van der Waals surface area contributed by atoms with Crippen molar-refractivity contribution in [2.24, 2.45) is 0 Å². The van der Waals surface area contributed by atoms with Gasteiger partial charge in [0.25, 0.3) is 0 Å². The summed E-state index contributed by atoms with van der Waals surface area (Å²) in [7, 11) is 0. The third kappa shape index (κ3) is 1.63. The molecule has 4 heteroatoms. The molecule has 0 radical (unpaired) electrons. The summed E-state index contributed by atoms with van der Waals surface area (Å²) in [6.07, 6.45) is 3.43. The van der Waals surface area contributed by atoms with Gasteiger partial charge in [0.05, 0.1) is 5.69 Å². The van der Waals surface area contributed by atoms with E-state index in [4.69, 9.17) is 11.6 Å². The second kappa shape index (κ2) is 3.42. The predicted molar refractivity (Wildman–Crippen MR) is 56.3 cm³/mol. The Balaban J connectivity index is 2.49. The first-order chi connectivity index (χ1) is 6.66. The Bertz CT molecular complexity index is 445. The lowest BCUT2D eigenvalue weighted by atomic mass is 10.2. The number of aromatic amines is 1. The van der Waals surface area contributed by atoms with Gasteiger partial charge in [-0.25, -0.2) is 9.97 Å². The zero-order chi connectivity index (χ0) is 10.1. The molecule has 0 bridgehead atoms. The third-order valence-electron chi connectivity index (χ3n) is 2.06. The van der Waals surface area contributed by atoms with Crippen molar-refractivity contribution in [1.29, 1.82) is 0 Å². The molecule has 0 saturated heterocycles. The molecule has 1 N–H and O–H groups in total. The zero-order valence-corrected chi connectivity index (χ0v) is 8.76. The largest absolute Gasteiger partial charge is 0.358 e. The first-order valence-corrected chi connectivity index (χ1v) is 4.69. The summed E-state index contributed by atoms with van der Waals surface area (Å²) in [6, 6.07) is 2.09. The van der Waals surface area contributed by atoms with E-state index in [1.165, 1.54) is 5.56 Å². The third-order valence-corrected chi connectivity index (χ3v) is 2.25. The monoisotopic (exact) mass is 207 g/mol. The second-order valence-electron chi connectivity index (χ2n) is 3.25. The summed E-state index contributed by atoms with van der Waals surface area (Å²) < 4.78 is 0. The van der Waals surface area contributed by atoms with Crippen molar-refractivity contribution in [2.75, 3.05) is 0 Å². The van der Waals surface area contributed by atoms with E-state index in [2.05, 4.69) is 21.0 Å². The van der Waals surface area contributed by atoms with Gasteiger partial charge in [-0.1, -0.05) is 0 Å². The topological polar surface area (TPSA) is 41.6 Å². The maximum absolute atomic E-state index is 5.61.